The standard InChI is InChI=1S/C26H34O4/c1-5-9-21-11-13-22(14-12-21)26(28)30-25-20(4)16-19(3)17-24(25)23(18-29-6-2)10-7-8-15-27/h11-17,23H,5-10,18H2,1-4H3. The van der Waals surface area contributed by atoms with Crippen molar-refractivity contribution in [1.82, 2.24) is 0 Å². The van der Waals surface area contributed by atoms with Gasteiger partial charge in [-0.15, -0.1) is 0 Å². The first-order chi connectivity index (χ1) is 14.5. The fourth-order valence-corrected chi connectivity index (χ4v) is 3.71. The van der Waals surface area contributed by atoms with E-state index in [1.54, 1.807) is 0 Å². The highest BCUT2D eigenvalue weighted by molar-refractivity contribution is 5.91. The highest BCUT2D eigenvalue weighted by Gasteiger charge is 2.21. The minimum Gasteiger partial charge on any atom is -0.422 e. The summed E-state index contributed by atoms with van der Waals surface area (Å²) in [6.07, 6.45) is 5.12. The van der Waals surface area contributed by atoms with Crippen LogP contribution in [0, 0.1) is 13.8 Å². The van der Waals surface area contributed by atoms with Crippen molar-refractivity contribution in [1.29, 1.82) is 0 Å². The zero-order valence-corrected chi connectivity index (χ0v) is 18.7. The lowest BCUT2D eigenvalue weighted by Crippen LogP contribution is -2.15. The molecule has 2 rings (SSSR count). The number of rotatable bonds is 12. The Hall–Kier alpha value is -2.46. The van der Waals surface area contributed by atoms with Crippen LogP contribution in [0.5, 0.6) is 5.75 Å². The molecule has 0 radical (unpaired) electrons. The lowest BCUT2D eigenvalue weighted by Gasteiger charge is -2.22. The summed E-state index contributed by atoms with van der Waals surface area (Å²) in [7, 11) is 0. The predicted octanol–water partition coefficient (Wildman–Crippen LogP) is 5.96. The molecule has 0 saturated heterocycles. The topological polar surface area (TPSA) is 52.6 Å². The van der Waals surface area contributed by atoms with Crippen LogP contribution in [0.15, 0.2) is 36.4 Å². The minimum atomic E-state index is -0.352. The second-order valence-electron chi connectivity index (χ2n) is 7.79. The van der Waals surface area contributed by atoms with E-state index in [1.807, 2.05) is 51.1 Å². The van der Waals surface area contributed by atoms with Crippen molar-refractivity contribution >= 4 is 12.3 Å². The van der Waals surface area contributed by atoms with E-state index in [2.05, 4.69) is 13.0 Å². The quantitative estimate of drug-likeness (QED) is 0.187. The number of esters is 1. The maximum Gasteiger partial charge on any atom is 0.343 e. The normalized spacial score (nSPS) is 11.9. The van der Waals surface area contributed by atoms with Gasteiger partial charge in [-0.1, -0.05) is 43.2 Å². The third-order valence-electron chi connectivity index (χ3n) is 5.21. The molecule has 4 heteroatoms. The van der Waals surface area contributed by atoms with Crippen molar-refractivity contribution in [2.24, 2.45) is 0 Å². The highest BCUT2D eigenvalue weighted by atomic mass is 16.5. The summed E-state index contributed by atoms with van der Waals surface area (Å²) in [6, 6.07) is 11.7. The van der Waals surface area contributed by atoms with Gasteiger partial charge in [0.05, 0.1) is 12.2 Å². The van der Waals surface area contributed by atoms with Gasteiger partial charge >= 0.3 is 5.97 Å². The number of carbonyl (C=O) groups is 2. The van der Waals surface area contributed by atoms with Crippen molar-refractivity contribution < 1.29 is 19.1 Å². The summed E-state index contributed by atoms with van der Waals surface area (Å²) in [5.74, 6) is 0.326. The van der Waals surface area contributed by atoms with Gasteiger partial charge in [0.1, 0.15) is 12.0 Å². The van der Waals surface area contributed by atoms with Crippen LogP contribution in [-0.2, 0) is 16.0 Å². The molecule has 0 spiro atoms. The number of benzene rings is 2. The van der Waals surface area contributed by atoms with E-state index >= 15 is 0 Å². The zero-order valence-electron chi connectivity index (χ0n) is 18.7. The van der Waals surface area contributed by atoms with Crippen LogP contribution in [0.3, 0.4) is 0 Å². The van der Waals surface area contributed by atoms with E-state index < -0.39 is 0 Å². The molecule has 0 aromatic heterocycles. The highest BCUT2D eigenvalue weighted by Crippen LogP contribution is 2.35. The molecule has 0 aliphatic rings. The molecule has 0 bridgehead atoms. The van der Waals surface area contributed by atoms with E-state index in [9.17, 15) is 9.59 Å². The summed E-state index contributed by atoms with van der Waals surface area (Å²) in [4.78, 5) is 23.6. The van der Waals surface area contributed by atoms with Gasteiger partial charge < -0.3 is 14.3 Å². The van der Waals surface area contributed by atoms with Crippen molar-refractivity contribution in [2.45, 2.75) is 65.7 Å². The first kappa shape index (κ1) is 23.8. The Morgan fingerprint density at radius 3 is 2.47 bits per heavy atom. The second-order valence-corrected chi connectivity index (χ2v) is 7.79. The van der Waals surface area contributed by atoms with Crippen LogP contribution >= 0.6 is 0 Å². The van der Waals surface area contributed by atoms with Crippen LogP contribution in [0.1, 0.15) is 78.1 Å². The first-order valence-electron chi connectivity index (χ1n) is 10.9. The number of ether oxygens (including phenoxy) is 2. The van der Waals surface area contributed by atoms with Crippen LogP contribution in [0.25, 0.3) is 0 Å². The van der Waals surface area contributed by atoms with E-state index in [4.69, 9.17) is 9.47 Å². The monoisotopic (exact) mass is 410 g/mol. The fourth-order valence-electron chi connectivity index (χ4n) is 3.71. The van der Waals surface area contributed by atoms with E-state index in [1.165, 1.54) is 5.56 Å². The van der Waals surface area contributed by atoms with Crippen LogP contribution in [0.2, 0.25) is 0 Å². The lowest BCUT2D eigenvalue weighted by molar-refractivity contribution is -0.108. The van der Waals surface area contributed by atoms with Gasteiger partial charge in [-0.3, -0.25) is 0 Å². The minimum absolute atomic E-state index is 0.0678. The summed E-state index contributed by atoms with van der Waals surface area (Å²) < 4.78 is 11.6. The van der Waals surface area contributed by atoms with E-state index in [-0.39, 0.29) is 11.9 Å². The summed E-state index contributed by atoms with van der Waals surface area (Å²) >= 11 is 0. The van der Waals surface area contributed by atoms with Crippen molar-refractivity contribution in [2.75, 3.05) is 13.2 Å². The fraction of sp³-hybridized carbons (Fsp3) is 0.462. The van der Waals surface area contributed by atoms with Gasteiger partial charge in [0.15, 0.2) is 0 Å². The average Bonchev–Trinajstić information content (AvgIpc) is 2.73. The summed E-state index contributed by atoms with van der Waals surface area (Å²) in [5, 5.41) is 0. The molecule has 1 atom stereocenters. The molecule has 4 nitrogen and oxygen atoms in total. The first-order valence-corrected chi connectivity index (χ1v) is 10.9. The van der Waals surface area contributed by atoms with Gasteiger partial charge in [-0.05, 0) is 63.3 Å². The second kappa shape index (κ2) is 12.3. The Bertz CT molecular complexity index is 824. The molecule has 0 N–H and O–H groups in total. The molecule has 0 aliphatic carbocycles. The molecule has 0 amide bonds. The van der Waals surface area contributed by atoms with Crippen LogP contribution in [-0.4, -0.2) is 25.5 Å². The Labute approximate surface area is 180 Å². The maximum atomic E-state index is 12.9. The maximum absolute atomic E-state index is 12.9. The smallest absolute Gasteiger partial charge is 0.343 e. The number of aryl methyl sites for hydroxylation is 3. The molecule has 2 aromatic rings. The van der Waals surface area contributed by atoms with Crippen molar-refractivity contribution in [3.05, 3.63) is 64.2 Å². The van der Waals surface area contributed by atoms with E-state index in [0.29, 0.717) is 30.9 Å². The Morgan fingerprint density at radius 1 is 1.10 bits per heavy atom. The molecule has 30 heavy (non-hydrogen) atoms. The van der Waals surface area contributed by atoms with Gasteiger partial charge in [-0.25, -0.2) is 4.79 Å². The molecule has 0 aliphatic heterocycles. The van der Waals surface area contributed by atoms with Gasteiger partial charge in [0, 0.05) is 24.5 Å². The predicted molar refractivity (Wildman–Crippen MR) is 120 cm³/mol. The SMILES string of the molecule is CCCc1ccc(C(=O)Oc2c(C)cc(C)cc2C(CCCC=O)COCC)cc1. The Kier molecular flexibility index (Phi) is 9.75. The average molecular weight is 411 g/mol. The van der Waals surface area contributed by atoms with E-state index in [0.717, 1.165) is 48.7 Å². The molecular weight excluding hydrogens is 376 g/mol. The number of hydrogen-bond acceptors (Lipinski definition) is 4. The largest absolute Gasteiger partial charge is 0.422 e. The van der Waals surface area contributed by atoms with Gasteiger partial charge in [0.25, 0.3) is 0 Å². The number of aldehydes is 1. The molecule has 0 heterocycles. The van der Waals surface area contributed by atoms with Crippen LogP contribution < -0.4 is 4.74 Å². The van der Waals surface area contributed by atoms with Crippen molar-refractivity contribution in [3.63, 3.8) is 0 Å². The molecule has 162 valence electrons. The molecule has 0 saturated carbocycles. The van der Waals surface area contributed by atoms with Gasteiger partial charge in [-0.2, -0.15) is 0 Å². The third kappa shape index (κ3) is 6.81. The molecule has 2 aromatic carbocycles. The molecular formula is C26H34O4. The van der Waals surface area contributed by atoms with Crippen LogP contribution in [0.4, 0.5) is 0 Å². The molecule has 0 fully saturated rings. The lowest BCUT2D eigenvalue weighted by atomic mass is 9.90. The number of hydrogen-bond donors (Lipinski definition) is 0. The summed E-state index contributed by atoms with van der Waals surface area (Å²) in [6.45, 7) is 9.26. The Balaban J connectivity index is 2.31. The zero-order chi connectivity index (χ0) is 21.9. The van der Waals surface area contributed by atoms with Crippen molar-refractivity contribution in [3.8, 4) is 5.75 Å². The third-order valence-corrected chi connectivity index (χ3v) is 5.21. The Morgan fingerprint density at radius 2 is 1.83 bits per heavy atom. The summed E-state index contributed by atoms with van der Waals surface area (Å²) in [5.41, 5.74) is 4.78. The molecule has 1 unspecified atom stereocenters. The number of unbranched alkanes of at least 4 members (excludes halogenated alkanes) is 1. The number of carbonyl (C=O) groups excluding carboxylic acids is 2. The van der Waals surface area contributed by atoms with Gasteiger partial charge in [0.2, 0.25) is 0 Å².